The molecule has 4 N–H and O–H groups in total. The number of carbonyl (C=O) groups is 1. The molecule has 0 fully saturated rings. The van der Waals surface area contributed by atoms with Gasteiger partial charge in [-0.05, 0) is 19.1 Å². The normalized spacial score (nSPS) is 12.1. The van der Waals surface area contributed by atoms with Crippen molar-refractivity contribution in [2.24, 2.45) is 0 Å². The molecule has 0 aliphatic rings. The second kappa shape index (κ2) is 5.43. The molecule has 0 amide bonds. The molecule has 1 unspecified atom stereocenters. The van der Waals surface area contributed by atoms with Gasteiger partial charge < -0.3 is 20.7 Å². The number of carboxylic acid groups (broad SMARTS) is 1. The Bertz CT molecular complexity index is 566. The number of rotatable bonds is 5. The number of hydrogen-bond acceptors (Lipinski definition) is 4. The third-order valence-electron chi connectivity index (χ3n) is 2.78. The molecule has 2 rings (SSSR count). The number of nitrogens with zero attached hydrogens (tertiary/aromatic N) is 2. The molecule has 19 heavy (non-hydrogen) atoms. The molecular formula is C13H16N4O2. The number of carboxylic acids is 1. The third kappa shape index (κ3) is 3.04. The molecule has 0 saturated heterocycles. The van der Waals surface area contributed by atoms with E-state index in [4.69, 9.17) is 10.8 Å². The van der Waals surface area contributed by atoms with E-state index in [1.54, 1.807) is 24.7 Å². The first kappa shape index (κ1) is 12.9. The zero-order valence-electron chi connectivity index (χ0n) is 10.6. The summed E-state index contributed by atoms with van der Waals surface area (Å²) in [6.07, 6.45) is 5.32. The van der Waals surface area contributed by atoms with Gasteiger partial charge >= 0.3 is 5.97 Å². The van der Waals surface area contributed by atoms with Crippen LogP contribution in [0.5, 0.6) is 0 Å². The largest absolute Gasteiger partial charge is 0.478 e. The van der Waals surface area contributed by atoms with E-state index in [0.29, 0.717) is 5.69 Å². The summed E-state index contributed by atoms with van der Waals surface area (Å²) in [7, 11) is 0. The van der Waals surface area contributed by atoms with Crippen LogP contribution in [-0.4, -0.2) is 26.7 Å². The number of para-hydroxylation sites is 1. The summed E-state index contributed by atoms with van der Waals surface area (Å²) in [4.78, 5) is 15.0. The maximum Gasteiger partial charge on any atom is 0.337 e. The average Bonchev–Trinajstić information content (AvgIpc) is 2.84. The molecule has 0 aliphatic carbocycles. The van der Waals surface area contributed by atoms with Crippen LogP contribution in [0.15, 0.2) is 36.9 Å². The molecule has 100 valence electrons. The Hall–Kier alpha value is -2.50. The molecule has 0 saturated carbocycles. The van der Waals surface area contributed by atoms with Gasteiger partial charge in [0.2, 0.25) is 0 Å². The number of imidazole rings is 1. The van der Waals surface area contributed by atoms with Crippen LogP contribution in [0.1, 0.15) is 17.3 Å². The zero-order valence-corrected chi connectivity index (χ0v) is 10.6. The van der Waals surface area contributed by atoms with Gasteiger partial charge in [0.15, 0.2) is 0 Å². The van der Waals surface area contributed by atoms with Gasteiger partial charge in [-0.3, -0.25) is 0 Å². The first-order chi connectivity index (χ1) is 9.08. The Morgan fingerprint density at radius 1 is 1.58 bits per heavy atom. The predicted molar refractivity (Wildman–Crippen MR) is 73.1 cm³/mol. The summed E-state index contributed by atoms with van der Waals surface area (Å²) < 4.78 is 1.94. The maximum atomic E-state index is 11.0. The van der Waals surface area contributed by atoms with Crippen molar-refractivity contribution >= 4 is 17.3 Å². The second-order valence-electron chi connectivity index (χ2n) is 4.38. The van der Waals surface area contributed by atoms with Gasteiger partial charge in [-0.2, -0.15) is 0 Å². The Morgan fingerprint density at radius 2 is 2.37 bits per heavy atom. The predicted octanol–water partition coefficient (Wildman–Crippen LogP) is 1.66. The van der Waals surface area contributed by atoms with Crippen LogP contribution in [0.3, 0.4) is 0 Å². The smallest absolute Gasteiger partial charge is 0.337 e. The van der Waals surface area contributed by atoms with Gasteiger partial charge in [-0.25, -0.2) is 9.78 Å². The molecule has 0 aliphatic heterocycles. The number of benzene rings is 1. The van der Waals surface area contributed by atoms with E-state index < -0.39 is 5.97 Å². The van der Waals surface area contributed by atoms with E-state index in [0.717, 1.165) is 6.54 Å². The molecule has 6 nitrogen and oxygen atoms in total. The second-order valence-corrected chi connectivity index (χ2v) is 4.38. The monoisotopic (exact) mass is 260 g/mol. The lowest BCUT2D eigenvalue weighted by Gasteiger charge is -2.18. The van der Waals surface area contributed by atoms with Crippen molar-refractivity contribution in [2.45, 2.75) is 19.5 Å². The average molecular weight is 260 g/mol. The number of aromatic carboxylic acids is 1. The molecule has 2 aromatic rings. The van der Waals surface area contributed by atoms with Gasteiger partial charge in [0.1, 0.15) is 0 Å². The van der Waals surface area contributed by atoms with Crippen LogP contribution in [0.4, 0.5) is 11.4 Å². The van der Waals surface area contributed by atoms with Crippen LogP contribution < -0.4 is 11.1 Å². The summed E-state index contributed by atoms with van der Waals surface area (Å²) >= 11 is 0. The Kier molecular flexibility index (Phi) is 3.70. The Labute approximate surface area is 110 Å². The summed E-state index contributed by atoms with van der Waals surface area (Å²) in [5, 5.41) is 12.2. The van der Waals surface area contributed by atoms with Gasteiger partial charge in [0.05, 0.1) is 23.3 Å². The Balaban J connectivity index is 2.10. The molecule has 0 spiro atoms. The van der Waals surface area contributed by atoms with E-state index >= 15 is 0 Å². The van der Waals surface area contributed by atoms with E-state index in [2.05, 4.69) is 10.3 Å². The fourth-order valence-electron chi connectivity index (χ4n) is 1.90. The quantitative estimate of drug-likeness (QED) is 0.711. The van der Waals surface area contributed by atoms with E-state index in [1.165, 1.54) is 6.07 Å². The van der Waals surface area contributed by atoms with Crippen LogP contribution in [0.25, 0.3) is 0 Å². The van der Waals surface area contributed by atoms with Crippen LogP contribution in [0.2, 0.25) is 0 Å². The van der Waals surface area contributed by atoms with Crippen molar-refractivity contribution in [1.82, 2.24) is 9.55 Å². The van der Waals surface area contributed by atoms with Crippen molar-refractivity contribution in [3.63, 3.8) is 0 Å². The summed E-state index contributed by atoms with van der Waals surface area (Å²) in [6, 6.07) is 5.03. The van der Waals surface area contributed by atoms with E-state index in [1.807, 2.05) is 17.7 Å². The first-order valence-corrected chi connectivity index (χ1v) is 5.92. The molecular weight excluding hydrogens is 244 g/mol. The molecule has 6 heteroatoms. The summed E-state index contributed by atoms with van der Waals surface area (Å²) in [5.74, 6) is -1.02. The zero-order chi connectivity index (χ0) is 13.8. The van der Waals surface area contributed by atoms with E-state index in [9.17, 15) is 4.79 Å². The van der Waals surface area contributed by atoms with Gasteiger partial charge in [-0.15, -0.1) is 0 Å². The van der Waals surface area contributed by atoms with Crippen LogP contribution in [0, 0.1) is 0 Å². The fraction of sp³-hybridized carbons (Fsp3) is 0.231. The highest BCUT2D eigenvalue weighted by molar-refractivity contribution is 5.97. The maximum absolute atomic E-state index is 11.0. The first-order valence-electron chi connectivity index (χ1n) is 5.92. The highest BCUT2D eigenvalue weighted by atomic mass is 16.4. The number of hydrogen-bond donors (Lipinski definition) is 3. The fourth-order valence-corrected chi connectivity index (χ4v) is 1.90. The van der Waals surface area contributed by atoms with Crippen LogP contribution >= 0.6 is 0 Å². The van der Waals surface area contributed by atoms with Crippen LogP contribution in [-0.2, 0) is 6.54 Å². The molecule has 0 radical (unpaired) electrons. The molecule has 1 aromatic carbocycles. The lowest BCUT2D eigenvalue weighted by atomic mass is 10.1. The lowest BCUT2D eigenvalue weighted by Crippen LogP contribution is -2.22. The van der Waals surface area contributed by atoms with Crippen molar-refractivity contribution in [3.05, 3.63) is 42.5 Å². The summed E-state index contributed by atoms with van der Waals surface area (Å²) in [6.45, 7) is 2.71. The summed E-state index contributed by atoms with van der Waals surface area (Å²) in [5.41, 5.74) is 6.84. The van der Waals surface area contributed by atoms with Gasteiger partial charge in [0, 0.05) is 25.0 Å². The lowest BCUT2D eigenvalue weighted by molar-refractivity contribution is 0.0698. The van der Waals surface area contributed by atoms with Crippen molar-refractivity contribution < 1.29 is 9.90 Å². The minimum absolute atomic E-state index is 0.0977. The molecule has 0 bridgehead atoms. The number of nitrogens with two attached hydrogens (primary N) is 1. The standard InChI is InChI=1S/C13H16N4O2/c1-9(7-17-6-5-15-8-17)16-11-4-2-3-10(12(11)14)13(18)19/h2-6,8-9,16H,7,14H2,1H3,(H,18,19). The number of nitrogens with one attached hydrogen (secondary N) is 1. The van der Waals surface area contributed by atoms with Gasteiger partial charge in [-0.1, -0.05) is 6.07 Å². The highest BCUT2D eigenvalue weighted by Gasteiger charge is 2.12. The number of aromatic nitrogens is 2. The Morgan fingerprint density at radius 3 is 3.00 bits per heavy atom. The van der Waals surface area contributed by atoms with E-state index in [-0.39, 0.29) is 17.3 Å². The number of anilines is 2. The third-order valence-corrected chi connectivity index (χ3v) is 2.78. The minimum Gasteiger partial charge on any atom is -0.478 e. The number of nitrogen functional groups attached to an aromatic ring is 1. The van der Waals surface area contributed by atoms with Crippen molar-refractivity contribution in [3.8, 4) is 0 Å². The SMILES string of the molecule is CC(Cn1ccnc1)Nc1cccc(C(=O)O)c1N. The topological polar surface area (TPSA) is 93.2 Å². The van der Waals surface area contributed by atoms with Gasteiger partial charge in [0.25, 0.3) is 0 Å². The highest BCUT2D eigenvalue weighted by Crippen LogP contribution is 2.23. The molecule has 1 heterocycles. The molecule has 1 atom stereocenters. The van der Waals surface area contributed by atoms with Crippen molar-refractivity contribution in [1.29, 1.82) is 0 Å². The minimum atomic E-state index is -1.02. The van der Waals surface area contributed by atoms with Crippen molar-refractivity contribution in [2.75, 3.05) is 11.1 Å². The molecule has 1 aromatic heterocycles.